The summed E-state index contributed by atoms with van der Waals surface area (Å²) < 4.78 is 0. The molecule has 0 radical (unpaired) electrons. The van der Waals surface area contributed by atoms with E-state index in [4.69, 9.17) is 0 Å². The van der Waals surface area contributed by atoms with Gasteiger partial charge in [0, 0.05) is 28.8 Å². The Bertz CT molecular complexity index is 865. The number of hydrogen-bond donors (Lipinski definition) is 3. The van der Waals surface area contributed by atoms with E-state index >= 15 is 0 Å². The van der Waals surface area contributed by atoms with E-state index in [1.807, 2.05) is 13.0 Å². The largest absolute Gasteiger partial charge is 0.507 e. The Labute approximate surface area is 168 Å². The van der Waals surface area contributed by atoms with Gasteiger partial charge >= 0.3 is 0 Å². The highest BCUT2D eigenvalue weighted by Crippen LogP contribution is 2.50. The van der Waals surface area contributed by atoms with Crippen molar-refractivity contribution in [3.63, 3.8) is 0 Å². The van der Waals surface area contributed by atoms with Crippen molar-refractivity contribution in [3.8, 4) is 22.6 Å². The summed E-state index contributed by atoms with van der Waals surface area (Å²) in [6, 6.07) is 1.85. The van der Waals surface area contributed by atoms with Gasteiger partial charge in [-0.2, -0.15) is 5.10 Å². The summed E-state index contributed by atoms with van der Waals surface area (Å²) in [5.74, 6) is 0.499. The summed E-state index contributed by atoms with van der Waals surface area (Å²) in [6.45, 7) is 10.5. The van der Waals surface area contributed by atoms with Crippen molar-refractivity contribution >= 4 is 0 Å². The Kier molecular flexibility index (Phi) is 6.28. The van der Waals surface area contributed by atoms with Crippen LogP contribution >= 0.6 is 0 Å². The van der Waals surface area contributed by atoms with Crippen molar-refractivity contribution in [1.29, 1.82) is 0 Å². The van der Waals surface area contributed by atoms with Crippen LogP contribution in [0.1, 0.15) is 69.9 Å². The molecule has 1 aromatic heterocycles. The number of aryl methyl sites for hydroxylation is 1. The van der Waals surface area contributed by atoms with Crippen LogP contribution in [0.3, 0.4) is 0 Å². The molecule has 0 saturated carbocycles. The molecule has 1 aliphatic rings. The third kappa shape index (κ3) is 4.01. The Morgan fingerprint density at radius 1 is 1.32 bits per heavy atom. The first kappa shape index (κ1) is 20.2. The van der Waals surface area contributed by atoms with E-state index in [1.54, 1.807) is 12.4 Å². The molecule has 0 spiro atoms. The Hall–Kier alpha value is -2.49. The molecule has 0 aliphatic heterocycles. The molecule has 4 heteroatoms. The number of allylic oxidation sites excluding steroid dienone is 3. The average Bonchev–Trinajstić information content (AvgIpc) is 3.15. The number of aromatic nitrogens is 2. The lowest BCUT2D eigenvalue weighted by Crippen LogP contribution is -2.17. The SMILES string of the molecule is C=C(C)[C@@H]1CCC(C)=C[C@H]1c1c(O)cc(CCCCC)c(-c2cn[nH]c2)c1O. The monoisotopic (exact) mass is 380 g/mol. The number of unbranched alkanes of at least 4 members (excludes halogenated alkanes) is 2. The number of hydrogen-bond acceptors (Lipinski definition) is 3. The van der Waals surface area contributed by atoms with Crippen LogP contribution in [0.2, 0.25) is 0 Å². The summed E-state index contributed by atoms with van der Waals surface area (Å²) in [4.78, 5) is 0. The van der Waals surface area contributed by atoms with Gasteiger partial charge in [-0.25, -0.2) is 0 Å². The average molecular weight is 381 g/mol. The lowest BCUT2D eigenvalue weighted by molar-refractivity contribution is 0.407. The summed E-state index contributed by atoms with van der Waals surface area (Å²) in [5, 5.41) is 29.2. The predicted molar refractivity (Wildman–Crippen MR) is 115 cm³/mol. The maximum Gasteiger partial charge on any atom is 0.131 e. The molecule has 1 heterocycles. The standard InChI is InChI=1S/C24H32N2O2/c1-5-6-7-8-17-12-21(27)23(24(28)22(17)18-13-25-26-14-18)20-11-16(4)9-10-19(20)15(2)3/h11-14,19-20,27-28H,2,5-10H2,1,3-4H3,(H,25,26)/t19-,20+/m0/s1. The fourth-order valence-electron chi connectivity index (χ4n) is 4.43. The van der Waals surface area contributed by atoms with Crippen LogP contribution < -0.4 is 0 Å². The van der Waals surface area contributed by atoms with Crippen LogP contribution in [-0.4, -0.2) is 20.4 Å². The van der Waals surface area contributed by atoms with Crippen molar-refractivity contribution in [3.05, 3.63) is 53.4 Å². The number of aromatic amines is 1. The van der Waals surface area contributed by atoms with Crippen LogP contribution in [0.5, 0.6) is 11.5 Å². The van der Waals surface area contributed by atoms with E-state index in [0.29, 0.717) is 5.56 Å². The second-order valence-corrected chi connectivity index (χ2v) is 8.17. The predicted octanol–water partition coefficient (Wildman–Crippen LogP) is 6.24. The molecule has 0 unspecified atom stereocenters. The second-order valence-electron chi connectivity index (χ2n) is 8.17. The fraction of sp³-hybridized carbons (Fsp3) is 0.458. The number of rotatable bonds is 7. The molecule has 4 nitrogen and oxygen atoms in total. The molecule has 3 N–H and O–H groups in total. The lowest BCUT2D eigenvalue weighted by Gasteiger charge is -2.32. The quantitative estimate of drug-likeness (QED) is 0.393. The first-order valence-corrected chi connectivity index (χ1v) is 10.3. The van der Waals surface area contributed by atoms with Gasteiger partial charge in [-0.1, -0.05) is 43.6 Å². The van der Waals surface area contributed by atoms with E-state index < -0.39 is 0 Å². The minimum atomic E-state index is -0.0680. The van der Waals surface area contributed by atoms with Gasteiger partial charge in [0.2, 0.25) is 0 Å². The minimum Gasteiger partial charge on any atom is -0.507 e. The Morgan fingerprint density at radius 2 is 2.11 bits per heavy atom. The maximum absolute atomic E-state index is 11.4. The highest BCUT2D eigenvalue weighted by Gasteiger charge is 2.32. The third-order valence-electron chi connectivity index (χ3n) is 5.95. The molecular weight excluding hydrogens is 348 g/mol. The fourth-order valence-corrected chi connectivity index (χ4v) is 4.43. The zero-order chi connectivity index (χ0) is 20.3. The highest BCUT2D eigenvalue weighted by molar-refractivity contribution is 5.77. The molecule has 2 atom stereocenters. The van der Waals surface area contributed by atoms with E-state index in [0.717, 1.165) is 60.8 Å². The Balaban J connectivity index is 2.15. The minimum absolute atomic E-state index is 0.0680. The first-order valence-electron chi connectivity index (χ1n) is 10.3. The van der Waals surface area contributed by atoms with Gasteiger partial charge in [0.05, 0.1) is 6.20 Å². The number of phenols is 2. The summed E-state index contributed by atoms with van der Waals surface area (Å²) in [6.07, 6.45) is 11.8. The van der Waals surface area contributed by atoms with Crippen molar-refractivity contribution in [2.24, 2.45) is 5.92 Å². The molecule has 1 aromatic carbocycles. The van der Waals surface area contributed by atoms with Crippen molar-refractivity contribution in [2.75, 3.05) is 0 Å². The van der Waals surface area contributed by atoms with Crippen molar-refractivity contribution in [2.45, 2.75) is 65.2 Å². The lowest BCUT2D eigenvalue weighted by atomic mass is 9.73. The molecule has 0 fully saturated rings. The van der Waals surface area contributed by atoms with E-state index in [1.165, 1.54) is 5.57 Å². The van der Waals surface area contributed by atoms with Gasteiger partial charge in [0.25, 0.3) is 0 Å². The van der Waals surface area contributed by atoms with Gasteiger partial charge in [-0.3, -0.25) is 5.10 Å². The Morgan fingerprint density at radius 3 is 2.75 bits per heavy atom. The van der Waals surface area contributed by atoms with Crippen LogP contribution in [0.15, 0.2) is 42.3 Å². The molecule has 1 aliphatic carbocycles. The molecule has 0 amide bonds. The van der Waals surface area contributed by atoms with Gasteiger partial charge < -0.3 is 10.2 Å². The number of nitrogens with zero attached hydrogens (tertiary/aromatic N) is 1. The van der Waals surface area contributed by atoms with Crippen LogP contribution in [0.4, 0.5) is 0 Å². The van der Waals surface area contributed by atoms with Crippen LogP contribution in [0.25, 0.3) is 11.1 Å². The first-order chi connectivity index (χ1) is 13.4. The zero-order valence-electron chi connectivity index (χ0n) is 17.3. The maximum atomic E-state index is 11.4. The number of aromatic hydroxyl groups is 2. The highest BCUT2D eigenvalue weighted by atomic mass is 16.3. The molecule has 2 aromatic rings. The topological polar surface area (TPSA) is 69.1 Å². The molecule has 0 bridgehead atoms. The van der Waals surface area contributed by atoms with Crippen molar-refractivity contribution in [1.82, 2.24) is 10.2 Å². The third-order valence-corrected chi connectivity index (χ3v) is 5.95. The molecular formula is C24H32N2O2. The molecule has 0 saturated heterocycles. The molecule has 150 valence electrons. The second kappa shape index (κ2) is 8.68. The normalized spacial score (nSPS) is 19.5. The number of phenolic OH excluding ortho intramolecular Hbond substituents is 2. The smallest absolute Gasteiger partial charge is 0.131 e. The van der Waals surface area contributed by atoms with Gasteiger partial charge in [0.15, 0.2) is 0 Å². The van der Waals surface area contributed by atoms with Crippen LogP contribution in [0, 0.1) is 5.92 Å². The van der Waals surface area contributed by atoms with Gasteiger partial charge in [-0.05, 0) is 57.1 Å². The summed E-state index contributed by atoms with van der Waals surface area (Å²) in [5.41, 5.74) is 5.60. The van der Waals surface area contributed by atoms with E-state index in [2.05, 4.69) is 36.7 Å². The van der Waals surface area contributed by atoms with Gasteiger partial charge in [-0.15, -0.1) is 0 Å². The number of benzene rings is 1. The van der Waals surface area contributed by atoms with Crippen LogP contribution in [-0.2, 0) is 6.42 Å². The van der Waals surface area contributed by atoms with Gasteiger partial charge in [0.1, 0.15) is 11.5 Å². The summed E-state index contributed by atoms with van der Waals surface area (Å²) >= 11 is 0. The number of nitrogens with one attached hydrogen (secondary N) is 1. The number of H-pyrrole nitrogens is 1. The van der Waals surface area contributed by atoms with E-state index in [9.17, 15) is 10.2 Å². The van der Waals surface area contributed by atoms with E-state index in [-0.39, 0.29) is 23.3 Å². The molecule has 28 heavy (non-hydrogen) atoms. The van der Waals surface area contributed by atoms with Crippen molar-refractivity contribution < 1.29 is 10.2 Å². The zero-order valence-corrected chi connectivity index (χ0v) is 17.3. The summed E-state index contributed by atoms with van der Waals surface area (Å²) in [7, 11) is 0. The molecule has 3 rings (SSSR count).